The molecular weight excluding hydrogens is 382 g/mol. The fraction of sp³-hybridized carbons (Fsp3) is 0.185. The van der Waals surface area contributed by atoms with E-state index in [1.807, 2.05) is 60.3 Å². The van der Waals surface area contributed by atoms with Gasteiger partial charge in [0.2, 0.25) is 0 Å². The second-order valence-electron chi connectivity index (χ2n) is 7.80. The third-order valence-electron chi connectivity index (χ3n) is 5.49. The van der Waals surface area contributed by atoms with Crippen molar-refractivity contribution in [3.05, 3.63) is 101 Å². The van der Waals surface area contributed by atoms with Crippen molar-refractivity contribution in [1.29, 1.82) is 5.26 Å². The molecule has 1 aromatic heterocycles. The van der Waals surface area contributed by atoms with E-state index in [0.717, 1.165) is 39.4 Å². The zero-order chi connectivity index (χ0) is 21.8. The Labute approximate surface area is 183 Å². The first kappa shape index (κ1) is 20.4. The van der Waals surface area contributed by atoms with Gasteiger partial charge in [-0.2, -0.15) is 10.4 Å². The molecule has 0 spiro atoms. The molecule has 4 rings (SSSR count). The van der Waals surface area contributed by atoms with Crippen molar-refractivity contribution < 1.29 is 4.74 Å². The first-order valence-electron chi connectivity index (χ1n) is 10.3. The summed E-state index contributed by atoms with van der Waals surface area (Å²) >= 11 is 0. The standard InChI is InChI=1S/C27H25N3O/c1-19-7-9-21(10-8-19)26-18-30(24-11-13-25(31-3)14-12-24)29-27(26)16-23(17-28)22-6-4-5-20(2)15-22/h4-15,18,23H,16H2,1-3H3. The van der Waals surface area contributed by atoms with Gasteiger partial charge in [0, 0.05) is 18.2 Å². The van der Waals surface area contributed by atoms with E-state index >= 15 is 0 Å². The average Bonchev–Trinajstić information content (AvgIpc) is 3.22. The molecule has 4 heteroatoms. The topological polar surface area (TPSA) is 50.8 Å². The Morgan fingerprint density at radius 3 is 2.35 bits per heavy atom. The van der Waals surface area contributed by atoms with Gasteiger partial charge in [0.25, 0.3) is 0 Å². The zero-order valence-electron chi connectivity index (χ0n) is 18.0. The fourth-order valence-corrected chi connectivity index (χ4v) is 3.72. The van der Waals surface area contributed by atoms with Crippen molar-refractivity contribution in [3.8, 4) is 28.6 Å². The Balaban J connectivity index is 1.76. The van der Waals surface area contributed by atoms with Gasteiger partial charge in [-0.05, 0) is 49.2 Å². The molecule has 4 aromatic rings. The van der Waals surface area contributed by atoms with Crippen LogP contribution in [-0.2, 0) is 6.42 Å². The van der Waals surface area contributed by atoms with Crippen molar-refractivity contribution in [3.63, 3.8) is 0 Å². The van der Waals surface area contributed by atoms with Crippen LogP contribution in [-0.4, -0.2) is 16.9 Å². The number of hydrogen-bond donors (Lipinski definition) is 0. The molecule has 0 aliphatic rings. The number of nitriles is 1. The maximum Gasteiger partial charge on any atom is 0.119 e. The van der Waals surface area contributed by atoms with Gasteiger partial charge in [-0.25, -0.2) is 4.68 Å². The molecule has 1 atom stereocenters. The summed E-state index contributed by atoms with van der Waals surface area (Å²) in [7, 11) is 1.66. The normalized spacial score (nSPS) is 11.7. The van der Waals surface area contributed by atoms with Crippen molar-refractivity contribution in [1.82, 2.24) is 9.78 Å². The van der Waals surface area contributed by atoms with E-state index < -0.39 is 0 Å². The number of hydrogen-bond acceptors (Lipinski definition) is 3. The smallest absolute Gasteiger partial charge is 0.119 e. The molecule has 0 saturated heterocycles. The lowest BCUT2D eigenvalue weighted by Crippen LogP contribution is -2.04. The summed E-state index contributed by atoms with van der Waals surface area (Å²) in [6.07, 6.45) is 2.60. The van der Waals surface area contributed by atoms with E-state index in [4.69, 9.17) is 9.84 Å². The molecule has 0 amide bonds. The first-order chi connectivity index (χ1) is 15.1. The van der Waals surface area contributed by atoms with Crippen molar-refractivity contribution >= 4 is 0 Å². The van der Waals surface area contributed by atoms with Crippen LogP contribution in [0.4, 0.5) is 0 Å². The summed E-state index contributed by atoms with van der Waals surface area (Å²) in [6, 6.07) is 26.9. The molecule has 4 nitrogen and oxygen atoms in total. The van der Waals surface area contributed by atoms with Gasteiger partial charge in [-0.1, -0.05) is 59.7 Å². The number of rotatable bonds is 6. The van der Waals surface area contributed by atoms with Crippen LogP contribution in [0.15, 0.2) is 79.0 Å². The second-order valence-corrected chi connectivity index (χ2v) is 7.80. The average molecular weight is 408 g/mol. The molecule has 0 aliphatic carbocycles. The maximum atomic E-state index is 9.91. The summed E-state index contributed by atoms with van der Waals surface area (Å²) in [6.45, 7) is 4.13. The van der Waals surface area contributed by atoms with E-state index in [2.05, 4.69) is 43.3 Å². The molecule has 154 valence electrons. The number of ether oxygens (including phenoxy) is 1. The minimum absolute atomic E-state index is 0.261. The highest BCUT2D eigenvalue weighted by atomic mass is 16.5. The Hall–Kier alpha value is -3.84. The predicted octanol–water partition coefficient (Wildman–Crippen LogP) is 6.01. The molecule has 0 bridgehead atoms. The highest BCUT2D eigenvalue weighted by molar-refractivity contribution is 5.66. The summed E-state index contributed by atoms with van der Waals surface area (Å²) in [4.78, 5) is 0. The summed E-state index contributed by atoms with van der Waals surface area (Å²) in [5.74, 6) is 0.544. The van der Waals surface area contributed by atoms with Crippen molar-refractivity contribution in [2.75, 3.05) is 7.11 Å². The van der Waals surface area contributed by atoms with Gasteiger partial charge in [0.05, 0.1) is 30.5 Å². The molecule has 0 N–H and O–H groups in total. The van der Waals surface area contributed by atoms with Gasteiger partial charge in [0.1, 0.15) is 5.75 Å². The van der Waals surface area contributed by atoms with Crippen molar-refractivity contribution in [2.24, 2.45) is 0 Å². The maximum absolute atomic E-state index is 9.91. The van der Waals surface area contributed by atoms with Gasteiger partial charge >= 0.3 is 0 Å². The lowest BCUT2D eigenvalue weighted by atomic mass is 9.92. The molecule has 0 aliphatic heterocycles. The van der Waals surface area contributed by atoms with Gasteiger partial charge < -0.3 is 4.74 Å². The van der Waals surface area contributed by atoms with Crippen LogP contribution >= 0.6 is 0 Å². The molecule has 0 fully saturated rings. The monoisotopic (exact) mass is 407 g/mol. The number of aryl methyl sites for hydroxylation is 2. The van der Waals surface area contributed by atoms with Crippen molar-refractivity contribution in [2.45, 2.75) is 26.2 Å². The molecule has 3 aromatic carbocycles. The predicted molar refractivity (Wildman–Crippen MR) is 124 cm³/mol. The van der Waals surface area contributed by atoms with Gasteiger partial charge in [-0.15, -0.1) is 0 Å². The third kappa shape index (κ3) is 4.51. The molecular formula is C27H25N3O. The lowest BCUT2D eigenvalue weighted by molar-refractivity contribution is 0.414. The number of methoxy groups -OCH3 is 1. The lowest BCUT2D eigenvalue weighted by Gasteiger charge is -2.10. The largest absolute Gasteiger partial charge is 0.497 e. The van der Waals surface area contributed by atoms with Crippen LogP contribution in [0, 0.1) is 25.2 Å². The Morgan fingerprint density at radius 1 is 0.968 bits per heavy atom. The highest BCUT2D eigenvalue weighted by Gasteiger charge is 2.19. The molecule has 31 heavy (non-hydrogen) atoms. The first-order valence-corrected chi connectivity index (χ1v) is 10.3. The molecule has 0 radical (unpaired) electrons. The van der Waals surface area contributed by atoms with Crippen LogP contribution in [0.25, 0.3) is 16.8 Å². The zero-order valence-corrected chi connectivity index (χ0v) is 18.0. The van der Waals surface area contributed by atoms with Crippen LogP contribution < -0.4 is 4.74 Å². The van der Waals surface area contributed by atoms with E-state index in [1.165, 1.54) is 5.56 Å². The second kappa shape index (κ2) is 8.89. The summed E-state index contributed by atoms with van der Waals surface area (Å²) in [5.41, 5.74) is 7.39. The van der Waals surface area contributed by atoms with Gasteiger partial charge in [-0.3, -0.25) is 0 Å². The van der Waals surface area contributed by atoms with Crippen LogP contribution in [0.1, 0.15) is 28.3 Å². The van der Waals surface area contributed by atoms with E-state index in [9.17, 15) is 5.26 Å². The number of benzene rings is 3. The minimum atomic E-state index is -0.261. The van der Waals surface area contributed by atoms with E-state index in [-0.39, 0.29) is 5.92 Å². The molecule has 1 unspecified atom stereocenters. The summed E-state index contributed by atoms with van der Waals surface area (Å²) < 4.78 is 7.16. The summed E-state index contributed by atoms with van der Waals surface area (Å²) in [5, 5.41) is 14.8. The van der Waals surface area contributed by atoms with Crippen LogP contribution in [0.3, 0.4) is 0 Å². The van der Waals surface area contributed by atoms with E-state index in [1.54, 1.807) is 7.11 Å². The SMILES string of the molecule is COc1ccc(-n2cc(-c3ccc(C)cc3)c(CC(C#N)c3cccc(C)c3)n2)cc1. The van der Waals surface area contributed by atoms with E-state index in [0.29, 0.717) is 6.42 Å². The third-order valence-corrected chi connectivity index (χ3v) is 5.49. The molecule has 1 heterocycles. The highest BCUT2D eigenvalue weighted by Crippen LogP contribution is 2.30. The fourth-order valence-electron chi connectivity index (χ4n) is 3.72. The Morgan fingerprint density at radius 2 is 1.71 bits per heavy atom. The molecule has 0 saturated carbocycles. The van der Waals surface area contributed by atoms with Gasteiger partial charge in [0.15, 0.2) is 0 Å². The number of aromatic nitrogens is 2. The van der Waals surface area contributed by atoms with Crippen LogP contribution in [0.5, 0.6) is 5.75 Å². The van der Waals surface area contributed by atoms with Crippen LogP contribution in [0.2, 0.25) is 0 Å². The Kier molecular flexibility index (Phi) is 5.86. The Bertz CT molecular complexity index is 1210. The quantitative estimate of drug-likeness (QED) is 0.393. The minimum Gasteiger partial charge on any atom is -0.497 e. The number of nitrogens with zero attached hydrogens (tertiary/aromatic N) is 3.